The third kappa shape index (κ3) is 3.60. The summed E-state index contributed by atoms with van der Waals surface area (Å²) < 4.78 is 38.5. The zero-order valence-electron chi connectivity index (χ0n) is 9.28. The number of nitrogens with zero attached hydrogens (tertiary/aromatic N) is 2. The molecule has 2 aromatic heterocycles. The van der Waals surface area contributed by atoms with E-state index in [0.717, 1.165) is 28.5 Å². The second-order valence-electron chi connectivity index (χ2n) is 3.52. The molecule has 0 bridgehead atoms. The number of rotatable bonds is 2. The van der Waals surface area contributed by atoms with Crippen LogP contribution in [0.25, 0.3) is 0 Å². The van der Waals surface area contributed by atoms with Crippen molar-refractivity contribution >= 4 is 33.4 Å². The molecule has 0 unspecified atom stereocenters. The Bertz CT molecular complexity index is 587. The molecule has 0 saturated carbocycles. The average Bonchev–Trinajstić information content (AvgIpc) is 2.33. The summed E-state index contributed by atoms with van der Waals surface area (Å²) in [7, 11) is 0. The first-order valence-corrected chi connectivity index (χ1v) is 6.59. The van der Waals surface area contributed by atoms with Gasteiger partial charge in [0.05, 0.1) is 11.9 Å². The van der Waals surface area contributed by atoms with Crippen LogP contribution in [-0.4, -0.2) is 9.97 Å². The lowest BCUT2D eigenvalue weighted by atomic mass is 10.3. The van der Waals surface area contributed by atoms with Crippen LogP contribution in [0.2, 0.25) is 0 Å². The van der Waals surface area contributed by atoms with Gasteiger partial charge >= 0.3 is 6.18 Å². The highest BCUT2D eigenvalue weighted by Gasteiger charge is 2.33. The Morgan fingerprint density at radius 3 is 2.47 bits per heavy atom. The predicted molar refractivity (Wildman–Crippen MR) is 69.7 cm³/mol. The molecule has 2 aromatic rings. The normalized spacial score (nSPS) is 11.6. The third-order valence-corrected chi connectivity index (χ3v) is 3.59. The van der Waals surface area contributed by atoms with Gasteiger partial charge in [0.25, 0.3) is 0 Å². The van der Waals surface area contributed by atoms with Crippen molar-refractivity contribution in [3.05, 3.63) is 40.8 Å². The summed E-state index contributed by atoms with van der Waals surface area (Å²) in [5, 5.41) is 0.550. The minimum Gasteiger partial charge on any atom is -0.397 e. The fourth-order valence-electron chi connectivity index (χ4n) is 1.23. The minimum absolute atomic E-state index is 0.183. The third-order valence-electron chi connectivity index (χ3n) is 2.10. The van der Waals surface area contributed by atoms with Crippen molar-refractivity contribution in [3.63, 3.8) is 0 Å². The Kier molecular flexibility index (Phi) is 4.00. The molecule has 0 amide bonds. The van der Waals surface area contributed by atoms with Gasteiger partial charge in [0.2, 0.25) is 0 Å². The van der Waals surface area contributed by atoms with Crippen LogP contribution in [0.3, 0.4) is 0 Å². The number of halogens is 4. The first-order valence-electron chi connectivity index (χ1n) is 4.98. The van der Waals surface area contributed by atoms with Crippen LogP contribution in [-0.2, 0) is 6.18 Å². The molecular formula is C11H7BrF3N3S. The molecule has 8 heteroatoms. The molecule has 0 saturated heterocycles. The van der Waals surface area contributed by atoms with Gasteiger partial charge in [-0.2, -0.15) is 13.2 Å². The Labute approximate surface area is 119 Å². The van der Waals surface area contributed by atoms with E-state index in [-0.39, 0.29) is 10.6 Å². The Hall–Kier alpha value is -1.28. The minimum atomic E-state index is -4.49. The maximum absolute atomic E-state index is 12.6. The molecule has 0 fully saturated rings. The standard InChI is InChI=1S/C11H7BrF3N3S/c12-6-1-2-10(18-4-6)19-8-3-9(11(13,14)15)17-5-7(8)16/h1-5H,16H2. The number of alkyl halides is 3. The topological polar surface area (TPSA) is 51.8 Å². The number of aromatic nitrogens is 2. The lowest BCUT2D eigenvalue weighted by molar-refractivity contribution is -0.141. The summed E-state index contributed by atoms with van der Waals surface area (Å²) in [5.41, 5.74) is 4.83. The molecule has 0 aliphatic rings. The van der Waals surface area contributed by atoms with Gasteiger partial charge in [-0.25, -0.2) is 9.97 Å². The maximum atomic E-state index is 12.6. The van der Waals surface area contributed by atoms with E-state index in [9.17, 15) is 13.2 Å². The number of anilines is 1. The molecule has 2 N–H and O–H groups in total. The summed E-state index contributed by atoms with van der Waals surface area (Å²) in [4.78, 5) is 7.62. The molecule has 19 heavy (non-hydrogen) atoms. The zero-order chi connectivity index (χ0) is 14.0. The highest BCUT2D eigenvalue weighted by Crippen LogP contribution is 2.35. The van der Waals surface area contributed by atoms with E-state index in [0.29, 0.717) is 5.03 Å². The Morgan fingerprint density at radius 1 is 1.16 bits per heavy atom. The first kappa shape index (κ1) is 14.1. The van der Waals surface area contributed by atoms with Crippen LogP contribution >= 0.6 is 27.7 Å². The maximum Gasteiger partial charge on any atom is 0.433 e. The Balaban J connectivity index is 2.31. The van der Waals surface area contributed by atoms with Gasteiger partial charge in [0.15, 0.2) is 0 Å². The van der Waals surface area contributed by atoms with Crippen LogP contribution in [0.15, 0.2) is 45.0 Å². The van der Waals surface area contributed by atoms with E-state index in [1.165, 1.54) is 0 Å². The fourth-order valence-corrected chi connectivity index (χ4v) is 2.27. The van der Waals surface area contributed by atoms with Gasteiger partial charge in [-0.15, -0.1) is 0 Å². The van der Waals surface area contributed by atoms with Gasteiger partial charge in [0.1, 0.15) is 10.7 Å². The van der Waals surface area contributed by atoms with Gasteiger partial charge in [-0.3, -0.25) is 0 Å². The highest BCUT2D eigenvalue weighted by atomic mass is 79.9. The fraction of sp³-hybridized carbons (Fsp3) is 0.0909. The quantitative estimate of drug-likeness (QED) is 0.890. The summed E-state index contributed by atoms with van der Waals surface area (Å²) in [6.07, 6.45) is -1.93. The lowest BCUT2D eigenvalue weighted by Gasteiger charge is -2.09. The van der Waals surface area contributed by atoms with Crippen LogP contribution < -0.4 is 5.73 Å². The monoisotopic (exact) mass is 349 g/mol. The Morgan fingerprint density at radius 2 is 1.89 bits per heavy atom. The van der Waals surface area contributed by atoms with Crippen LogP contribution in [0, 0.1) is 0 Å². The van der Waals surface area contributed by atoms with Gasteiger partial charge in [-0.05, 0) is 34.1 Å². The van der Waals surface area contributed by atoms with E-state index in [4.69, 9.17) is 5.73 Å². The second kappa shape index (κ2) is 5.38. The number of hydrogen-bond donors (Lipinski definition) is 1. The SMILES string of the molecule is Nc1cnc(C(F)(F)F)cc1Sc1ccc(Br)cn1. The molecule has 0 aliphatic heterocycles. The molecule has 0 atom stereocenters. The van der Waals surface area contributed by atoms with Crippen molar-refractivity contribution in [2.45, 2.75) is 16.1 Å². The van der Waals surface area contributed by atoms with Crippen molar-refractivity contribution < 1.29 is 13.2 Å². The smallest absolute Gasteiger partial charge is 0.397 e. The van der Waals surface area contributed by atoms with Crippen molar-refractivity contribution in [2.75, 3.05) is 5.73 Å². The number of nitrogens with two attached hydrogens (primary N) is 1. The van der Waals surface area contributed by atoms with Crippen molar-refractivity contribution in [1.82, 2.24) is 9.97 Å². The van der Waals surface area contributed by atoms with E-state index in [2.05, 4.69) is 25.9 Å². The zero-order valence-corrected chi connectivity index (χ0v) is 11.7. The molecule has 0 spiro atoms. The van der Waals surface area contributed by atoms with Crippen LogP contribution in [0.1, 0.15) is 5.69 Å². The van der Waals surface area contributed by atoms with Crippen molar-refractivity contribution in [1.29, 1.82) is 0 Å². The molecular weight excluding hydrogens is 343 g/mol. The lowest BCUT2D eigenvalue weighted by Crippen LogP contribution is -2.08. The molecule has 0 aliphatic carbocycles. The van der Waals surface area contributed by atoms with Crippen LogP contribution in [0.4, 0.5) is 18.9 Å². The van der Waals surface area contributed by atoms with Crippen molar-refractivity contribution in [3.8, 4) is 0 Å². The van der Waals surface area contributed by atoms with Crippen LogP contribution in [0.5, 0.6) is 0 Å². The van der Waals surface area contributed by atoms with Gasteiger partial charge in [-0.1, -0.05) is 11.8 Å². The van der Waals surface area contributed by atoms with Crippen molar-refractivity contribution in [2.24, 2.45) is 0 Å². The number of nitrogen functional groups attached to an aromatic ring is 1. The molecule has 0 aromatic carbocycles. The molecule has 100 valence electrons. The summed E-state index contributed by atoms with van der Waals surface area (Å²) in [6.45, 7) is 0. The number of pyridine rings is 2. The average molecular weight is 350 g/mol. The van der Waals surface area contributed by atoms with E-state index in [1.54, 1.807) is 18.3 Å². The summed E-state index contributed by atoms with van der Waals surface area (Å²) in [5.74, 6) is 0. The number of hydrogen-bond acceptors (Lipinski definition) is 4. The largest absolute Gasteiger partial charge is 0.433 e. The molecule has 2 rings (SSSR count). The summed E-state index contributed by atoms with van der Waals surface area (Å²) >= 11 is 4.28. The van der Waals surface area contributed by atoms with E-state index >= 15 is 0 Å². The summed E-state index contributed by atoms with van der Waals surface area (Å²) in [6, 6.07) is 4.35. The second-order valence-corrected chi connectivity index (χ2v) is 5.50. The highest BCUT2D eigenvalue weighted by molar-refractivity contribution is 9.10. The van der Waals surface area contributed by atoms with E-state index in [1.807, 2.05) is 0 Å². The van der Waals surface area contributed by atoms with E-state index < -0.39 is 11.9 Å². The van der Waals surface area contributed by atoms with Gasteiger partial charge < -0.3 is 5.73 Å². The molecule has 3 nitrogen and oxygen atoms in total. The first-order chi connectivity index (χ1) is 8.86. The molecule has 2 heterocycles. The van der Waals surface area contributed by atoms with Gasteiger partial charge in [0, 0.05) is 15.6 Å². The predicted octanol–water partition coefficient (Wildman–Crippen LogP) is 3.99. The molecule has 0 radical (unpaired) electrons.